The number of hydrogen-bond donors (Lipinski definition) is 0. The van der Waals surface area contributed by atoms with Crippen LogP contribution < -0.4 is 9.64 Å². The van der Waals surface area contributed by atoms with Gasteiger partial charge in [0.1, 0.15) is 11.3 Å². The maximum absolute atomic E-state index is 13.5. The van der Waals surface area contributed by atoms with Gasteiger partial charge in [0.2, 0.25) is 5.91 Å². The summed E-state index contributed by atoms with van der Waals surface area (Å²) < 4.78 is 13.3. The first kappa shape index (κ1) is 22.0. The van der Waals surface area contributed by atoms with Crippen LogP contribution in [0.2, 0.25) is 0 Å². The van der Waals surface area contributed by atoms with Gasteiger partial charge in [0, 0.05) is 44.9 Å². The highest BCUT2D eigenvalue weighted by molar-refractivity contribution is 5.87. The van der Waals surface area contributed by atoms with Gasteiger partial charge in [0.15, 0.2) is 11.7 Å². The molecule has 1 aliphatic heterocycles. The SMILES string of the molecule is COc1cc(N2CCN(C(=O)C(C)(C)n3cnc4ccccc43)CC2)ccc1-c1cnc(C)o1. The Bertz CT molecular complexity index is 1330. The molecule has 0 spiro atoms. The van der Waals surface area contributed by atoms with Crippen LogP contribution >= 0.6 is 0 Å². The molecule has 1 aliphatic rings. The molecule has 34 heavy (non-hydrogen) atoms. The van der Waals surface area contributed by atoms with Crippen molar-refractivity contribution in [2.45, 2.75) is 26.3 Å². The number of rotatable bonds is 5. The Hall–Kier alpha value is -3.81. The van der Waals surface area contributed by atoms with Crippen molar-refractivity contribution in [1.29, 1.82) is 0 Å². The summed E-state index contributed by atoms with van der Waals surface area (Å²) in [4.78, 5) is 26.4. The highest BCUT2D eigenvalue weighted by Crippen LogP contribution is 2.34. The van der Waals surface area contributed by atoms with E-state index in [1.165, 1.54) is 0 Å². The van der Waals surface area contributed by atoms with Gasteiger partial charge in [-0.2, -0.15) is 0 Å². The molecule has 0 radical (unpaired) electrons. The van der Waals surface area contributed by atoms with E-state index in [-0.39, 0.29) is 5.91 Å². The number of nitrogens with zero attached hydrogens (tertiary/aromatic N) is 5. The molecule has 2 aromatic carbocycles. The Morgan fingerprint density at radius 3 is 2.53 bits per heavy atom. The van der Waals surface area contributed by atoms with Crippen LogP contribution in [0.3, 0.4) is 0 Å². The lowest BCUT2D eigenvalue weighted by molar-refractivity contribution is -0.139. The minimum atomic E-state index is -0.724. The Morgan fingerprint density at radius 1 is 1.06 bits per heavy atom. The zero-order valence-electron chi connectivity index (χ0n) is 20.0. The number of para-hydroxylation sites is 2. The fraction of sp³-hybridized carbons (Fsp3) is 0.346. The summed E-state index contributed by atoms with van der Waals surface area (Å²) in [7, 11) is 1.66. The monoisotopic (exact) mass is 459 g/mol. The third-order valence-corrected chi connectivity index (χ3v) is 6.58. The Morgan fingerprint density at radius 2 is 1.82 bits per heavy atom. The zero-order chi connectivity index (χ0) is 23.9. The summed E-state index contributed by atoms with van der Waals surface area (Å²) in [5.41, 5.74) is 3.07. The van der Waals surface area contributed by atoms with Crippen molar-refractivity contribution in [3.05, 3.63) is 60.9 Å². The number of aryl methyl sites for hydroxylation is 1. The molecule has 8 heteroatoms. The van der Waals surface area contributed by atoms with Crippen LogP contribution in [0.15, 0.2) is 59.4 Å². The molecule has 5 rings (SSSR count). The lowest BCUT2D eigenvalue weighted by Crippen LogP contribution is -2.54. The highest BCUT2D eigenvalue weighted by atomic mass is 16.5. The van der Waals surface area contributed by atoms with Gasteiger partial charge in [-0.15, -0.1) is 0 Å². The predicted octanol–water partition coefficient (Wildman–Crippen LogP) is 4.09. The molecule has 0 atom stereocenters. The molecule has 0 saturated carbocycles. The first-order valence-electron chi connectivity index (χ1n) is 11.5. The van der Waals surface area contributed by atoms with Crippen molar-refractivity contribution < 1.29 is 13.9 Å². The maximum Gasteiger partial charge on any atom is 0.248 e. The van der Waals surface area contributed by atoms with Gasteiger partial charge in [-0.1, -0.05) is 12.1 Å². The Kier molecular flexibility index (Phi) is 5.51. The average Bonchev–Trinajstić information content (AvgIpc) is 3.50. The van der Waals surface area contributed by atoms with E-state index in [1.807, 2.05) is 66.6 Å². The molecule has 8 nitrogen and oxygen atoms in total. The number of amides is 1. The van der Waals surface area contributed by atoms with Crippen LogP contribution in [0.5, 0.6) is 5.75 Å². The Labute approximate surface area is 198 Å². The van der Waals surface area contributed by atoms with Crippen LogP contribution in [-0.4, -0.2) is 58.6 Å². The van der Waals surface area contributed by atoms with Crippen LogP contribution in [0.1, 0.15) is 19.7 Å². The second-order valence-corrected chi connectivity index (χ2v) is 9.07. The first-order valence-corrected chi connectivity index (χ1v) is 11.5. The second kappa shape index (κ2) is 8.52. The van der Waals surface area contributed by atoms with Gasteiger partial charge < -0.3 is 23.5 Å². The van der Waals surface area contributed by atoms with E-state index in [0.717, 1.165) is 41.1 Å². The normalized spacial score (nSPS) is 14.6. The van der Waals surface area contributed by atoms with Crippen molar-refractivity contribution in [1.82, 2.24) is 19.4 Å². The summed E-state index contributed by atoms with van der Waals surface area (Å²) in [6.45, 7) is 8.55. The maximum atomic E-state index is 13.5. The fourth-order valence-electron chi connectivity index (χ4n) is 4.63. The molecule has 3 heterocycles. The van der Waals surface area contributed by atoms with E-state index in [1.54, 1.807) is 19.6 Å². The summed E-state index contributed by atoms with van der Waals surface area (Å²) in [5, 5.41) is 0. The first-order chi connectivity index (χ1) is 16.4. The van der Waals surface area contributed by atoms with E-state index in [4.69, 9.17) is 9.15 Å². The van der Waals surface area contributed by atoms with E-state index in [2.05, 4.69) is 20.9 Å². The lowest BCUT2D eigenvalue weighted by Gasteiger charge is -2.40. The number of carbonyl (C=O) groups excluding carboxylic acids is 1. The Balaban J connectivity index is 1.30. The van der Waals surface area contributed by atoms with Crippen LogP contribution in [-0.2, 0) is 10.3 Å². The molecule has 1 saturated heterocycles. The third-order valence-electron chi connectivity index (χ3n) is 6.58. The van der Waals surface area contributed by atoms with Gasteiger partial charge >= 0.3 is 0 Å². The van der Waals surface area contributed by atoms with Gasteiger partial charge in [0.05, 0.1) is 36.2 Å². The van der Waals surface area contributed by atoms with Gasteiger partial charge in [0.25, 0.3) is 0 Å². The summed E-state index contributed by atoms with van der Waals surface area (Å²) in [6.07, 6.45) is 3.48. The van der Waals surface area contributed by atoms with Crippen molar-refractivity contribution >= 4 is 22.6 Å². The summed E-state index contributed by atoms with van der Waals surface area (Å²) >= 11 is 0. The van der Waals surface area contributed by atoms with E-state index in [0.29, 0.717) is 24.7 Å². The van der Waals surface area contributed by atoms with Gasteiger partial charge in [-0.25, -0.2) is 9.97 Å². The van der Waals surface area contributed by atoms with Crippen molar-refractivity contribution in [2.75, 3.05) is 38.2 Å². The number of anilines is 1. The summed E-state index contributed by atoms with van der Waals surface area (Å²) in [5.74, 6) is 2.14. The number of fused-ring (bicyclic) bond motifs is 1. The number of ether oxygens (including phenoxy) is 1. The van der Waals surface area contributed by atoms with Crippen LogP contribution in [0.25, 0.3) is 22.4 Å². The average molecular weight is 460 g/mol. The molecule has 4 aromatic rings. The van der Waals surface area contributed by atoms with Gasteiger partial charge in [-0.05, 0) is 38.1 Å². The molecule has 0 bridgehead atoms. The number of aromatic nitrogens is 3. The van der Waals surface area contributed by atoms with Gasteiger partial charge in [-0.3, -0.25) is 4.79 Å². The predicted molar refractivity (Wildman–Crippen MR) is 131 cm³/mol. The number of benzene rings is 2. The minimum Gasteiger partial charge on any atom is -0.496 e. The molecular weight excluding hydrogens is 430 g/mol. The second-order valence-electron chi connectivity index (χ2n) is 9.07. The quantitative estimate of drug-likeness (QED) is 0.447. The molecule has 2 aromatic heterocycles. The van der Waals surface area contributed by atoms with Crippen LogP contribution in [0, 0.1) is 6.92 Å². The number of imidazole rings is 1. The minimum absolute atomic E-state index is 0.101. The van der Waals surface area contributed by atoms with Crippen LogP contribution in [0.4, 0.5) is 5.69 Å². The molecule has 0 unspecified atom stereocenters. The van der Waals surface area contributed by atoms with Crippen molar-refractivity contribution in [2.24, 2.45) is 0 Å². The van der Waals surface area contributed by atoms with Crippen molar-refractivity contribution in [3.8, 4) is 17.1 Å². The molecule has 1 fully saturated rings. The molecular formula is C26H29N5O3. The zero-order valence-corrected chi connectivity index (χ0v) is 20.0. The van der Waals surface area contributed by atoms with E-state index in [9.17, 15) is 4.79 Å². The topological polar surface area (TPSA) is 76.6 Å². The largest absolute Gasteiger partial charge is 0.496 e. The van der Waals surface area contributed by atoms with E-state index < -0.39 is 5.54 Å². The smallest absolute Gasteiger partial charge is 0.248 e. The molecule has 1 amide bonds. The number of piperazine rings is 1. The fourth-order valence-corrected chi connectivity index (χ4v) is 4.63. The molecule has 0 aliphatic carbocycles. The number of methoxy groups -OCH3 is 1. The molecule has 0 N–H and O–H groups in total. The van der Waals surface area contributed by atoms with E-state index >= 15 is 0 Å². The third kappa shape index (κ3) is 3.79. The standard InChI is InChI=1S/C26H29N5O3/c1-18-27-16-24(34-18)20-10-9-19(15-23(20)33-4)29-11-13-30(14-12-29)25(32)26(2,3)31-17-28-21-7-5-6-8-22(21)31/h5-10,15-17H,11-14H2,1-4H3. The number of oxazole rings is 1. The summed E-state index contributed by atoms with van der Waals surface area (Å²) in [6, 6.07) is 14.0. The molecule has 176 valence electrons. The highest BCUT2D eigenvalue weighted by Gasteiger charge is 2.36. The van der Waals surface area contributed by atoms with Crippen molar-refractivity contribution in [3.63, 3.8) is 0 Å². The number of carbonyl (C=O) groups is 1. The number of hydrogen-bond acceptors (Lipinski definition) is 6. The lowest BCUT2D eigenvalue weighted by atomic mass is 10.0.